The standard InChI is InChI=1S/C13H16N2O2S/c1-16-10-5-3-9(4-6-10)13(15-14)12-7-11(17-2)8-18-12/h3-8,13,15H,14H2,1-2H3. The number of rotatable bonds is 5. The highest BCUT2D eigenvalue weighted by Crippen LogP contribution is 2.31. The molecule has 1 aromatic carbocycles. The molecule has 96 valence electrons. The van der Waals surface area contributed by atoms with Gasteiger partial charge >= 0.3 is 0 Å². The van der Waals surface area contributed by atoms with Gasteiger partial charge in [0.15, 0.2) is 0 Å². The normalized spacial score (nSPS) is 12.2. The third-order valence-corrected chi connectivity index (χ3v) is 3.71. The molecule has 0 aliphatic rings. The van der Waals surface area contributed by atoms with Crippen LogP contribution in [0.4, 0.5) is 0 Å². The first-order valence-electron chi connectivity index (χ1n) is 5.51. The van der Waals surface area contributed by atoms with Gasteiger partial charge < -0.3 is 9.47 Å². The molecule has 0 bridgehead atoms. The second-order valence-corrected chi connectivity index (χ2v) is 4.70. The molecule has 5 heteroatoms. The maximum absolute atomic E-state index is 5.64. The molecule has 0 spiro atoms. The van der Waals surface area contributed by atoms with E-state index in [-0.39, 0.29) is 6.04 Å². The fourth-order valence-electron chi connectivity index (χ4n) is 1.73. The van der Waals surface area contributed by atoms with E-state index in [1.165, 1.54) is 0 Å². The van der Waals surface area contributed by atoms with E-state index in [2.05, 4.69) is 5.43 Å². The van der Waals surface area contributed by atoms with Gasteiger partial charge in [0.25, 0.3) is 0 Å². The zero-order valence-electron chi connectivity index (χ0n) is 10.3. The molecule has 1 atom stereocenters. The van der Waals surface area contributed by atoms with Crippen LogP contribution in [0.2, 0.25) is 0 Å². The Morgan fingerprint density at radius 3 is 2.28 bits per heavy atom. The van der Waals surface area contributed by atoms with Crippen molar-refractivity contribution in [1.82, 2.24) is 5.43 Å². The molecule has 3 N–H and O–H groups in total. The predicted molar refractivity (Wildman–Crippen MR) is 73.0 cm³/mol. The fraction of sp³-hybridized carbons (Fsp3) is 0.231. The number of methoxy groups -OCH3 is 2. The van der Waals surface area contributed by atoms with Crippen LogP contribution in [-0.2, 0) is 0 Å². The summed E-state index contributed by atoms with van der Waals surface area (Å²) in [6.45, 7) is 0. The summed E-state index contributed by atoms with van der Waals surface area (Å²) in [7, 11) is 3.31. The summed E-state index contributed by atoms with van der Waals surface area (Å²) < 4.78 is 10.3. The van der Waals surface area contributed by atoms with E-state index in [1.807, 2.05) is 35.7 Å². The molecule has 0 radical (unpaired) electrons. The number of hydrogen-bond donors (Lipinski definition) is 2. The first-order chi connectivity index (χ1) is 8.78. The van der Waals surface area contributed by atoms with Crippen molar-refractivity contribution >= 4 is 11.3 Å². The number of hydrazine groups is 1. The van der Waals surface area contributed by atoms with Gasteiger partial charge in [-0.3, -0.25) is 5.84 Å². The van der Waals surface area contributed by atoms with E-state index >= 15 is 0 Å². The minimum atomic E-state index is -0.0372. The van der Waals surface area contributed by atoms with Gasteiger partial charge in [0, 0.05) is 10.3 Å². The predicted octanol–water partition coefficient (Wildman–Crippen LogP) is 2.32. The molecule has 0 aliphatic heterocycles. The molecule has 0 fully saturated rings. The van der Waals surface area contributed by atoms with Gasteiger partial charge in [0.1, 0.15) is 11.5 Å². The Kier molecular flexibility index (Phi) is 4.19. The van der Waals surface area contributed by atoms with Crippen molar-refractivity contribution < 1.29 is 9.47 Å². The van der Waals surface area contributed by atoms with Gasteiger partial charge in [0.05, 0.1) is 20.3 Å². The van der Waals surface area contributed by atoms with Crippen molar-refractivity contribution in [3.05, 3.63) is 46.2 Å². The van der Waals surface area contributed by atoms with E-state index in [4.69, 9.17) is 15.3 Å². The number of nitrogens with one attached hydrogen (secondary N) is 1. The van der Waals surface area contributed by atoms with Crippen LogP contribution in [0, 0.1) is 0 Å². The topological polar surface area (TPSA) is 56.5 Å². The summed E-state index contributed by atoms with van der Waals surface area (Å²) in [4.78, 5) is 1.11. The van der Waals surface area contributed by atoms with Crippen LogP contribution < -0.4 is 20.7 Å². The molecule has 2 aromatic rings. The SMILES string of the molecule is COc1ccc(C(NN)c2cc(OC)cs2)cc1. The molecular formula is C13H16N2O2S. The highest BCUT2D eigenvalue weighted by Gasteiger charge is 2.15. The Labute approximate surface area is 110 Å². The van der Waals surface area contributed by atoms with Crippen molar-refractivity contribution in [2.24, 2.45) is 5.84 Å². The van der Waals surface area contributed by atoms with E-state index in [0.717, 1.165) is 21.9 Å². The van der Waals surface area contributed by atoms with Crippen LogP contribution in [0.1, 0.15) is 16.5 Å². The average molecular weight is 264 g/mol. The molecule has 0 aliphatic carbocycles. The van der Waals surface area contributed by atoms with E-state index in [0.29, 0.717) is 0 Å². The van der Waals surface area contributed by atoms with Gasteiger partial charge in [-0.25, -0.2) is 5.43 Å². The minimum absolute atomic E-state index is 0.0372. The van der Waals surface area contributed by atoms with Crippen LogP contribution in [0.3, 0.4) is 0 Å². The van der Waals surface area contributed by atoms with Gasteiger partial charge in [-0.2, -0.15) is 0 Å². The summed E-state index contributed by atoms with van der Waals surface area (Å²) in [5.41, 5.74) is 3.91. The van der Waals surface area contributed by atoms with Crippen LogP contribution in [0.15, 0.2) is 35.7 Å². The molecule has 1 aromatic heterocycles. The lowest BCUT2D eigenvalue weighted by Crippen LogP contribution is -2.28. The van der Waals surface area contributed by atoms with Crippen LogP contribution >= 0.6 is 11.3 Å². The zero-order valence-corrected chi connectivity index (χ0v) is 11.2. The summed E-state index contributed by atoms with van der Waals surface area (Å²) in [6, 6.07) is 9.78. The summed E-state index contributed by atoms with van der Waals surface area (Å²) >= 11 is 1.61. The third kappa shape index (κ3) is 2.64. The fourth-order valence-corrected chi connectivity index (χ4v) is 2.67. The molecular weight excluding hydrogens is 248 g/mol. The Morgan fingerprint density at radius 1 is 1.11 bits per heavy atom. The summed E-state index contributed by atoms with van der Waals surface area (Å²) in [5, 5.41) is 1.96. The lowest BCUT2D eigenvalue weighted by atomic mass is 10.1. The summed E-state index contributed by atoms with van der Waals surface area (Å²) in [5.74, 6) is 7.33. The van der Waals surface area contributed by atoms with Crippen molar-refractivity contribution in [1.29, 1.82) is 0 Å². The Morgan fingerprint density at radius 2 is 1.78 bits per heavy atom. The molecule has 1 heterocycles. The average Bonchev–Trinajstić information content (AvgIpc) is 2.89. The lowest BCUT2D eigenvalue weighted by Gasteiger charge is -2.14. The van der Waals surface area contributed by atoms with Gasteiger partial charge in [0.2, 0.25) is 0 Å². The first-order valence-corrected chi connectivity index (χ1v) is 6.39. The lowest BCUT2D eigenvalue weighted by molar-refractivity contribution is 0.414. The maximum Gasteiger partial charge on any atom is 0.129 e. The number of thiophene rings is 1. The highest BCUT2D eigenvalue weighted by atomic mass is 32.1. The van der Waals surface area contributed by atoms with E-state index < -0.39 is 0 Å². The third-order valence-electron chi connectivity index (χ3n) is 2.73. The number of nitrogens with two attached hydrogens (primary N) is 1. The van der Waals surface area contributed by atoms with E-state index in [1.54, 1.807) is 25.6 Å². The molecule has 18 heavy (non-hydrogen) atoms. The quantitative estimate of drug-likeness (QED) is 0.643. The monoisotopic (exact) mass is 264 g/mol. The van der Waals surface area contributed by atoms with Crippen molar-refractivity contribution in [3.63, 3.8) is 0 Å². The second kappa shape index (κ2) is 5.86. The maximum atomic E-state index is 5.64. The smallest absolute Gasteiger partial charge is 0.129 e. The minimum Gasteiger partial charge on any atom is -0.497 e. The molecule has 4 nitrogen and oxygen atoms in total. The number of benzene rings is 1. The largest absolute Gasteiger partial charge is 0.497 e. The highest BCUT2D eigenvalue weighted by molar-refractivity contribution is 7.10. The Hall–Kier alpha value is -1.56. The van der Waals surface area contributed by atoms with E-state index in [9.17, 15) is 0 Å². The number of ether oxygens (including phenoxy) is 2. The number of hydrogen-bond acceptors (Lipinski definition) is 5. The molecule has 0 saturated heterocycles. The first kappa shape index (κ1) is 12.9. The molecule has 0 amide bonds. The zero-order chi connectivity index (χ0) is 13.0. The van der Waals surface area contributed by atoms with Gasteiger partial charge in [-0.1, -0.05) is 12.1 Å². The molecule has 0 saturated carbocycles. The molecule has 2 rings (SSSR count). The Balaban J connectivity index is 2.26. The van der Waals surface area contributed by atoms with Crippen LogP contribution in [0.25, 0.3) is 0 Å². The van der Waals surface area contributed by atoms with Crippen molar-refractivity contribution in [2.75, 3.05) is 14.2 Å². The van der Waals surface area contributed by atoms with Gasteiger partial charge in [-0.15, -0.1) is 11.3 Å². The Bertz CT molecular complexity index is 496. The van der Waals surface area contributed by atoms with Crippen molar-refractivity contribution in [3.8, 4) is 11.5 Å². The van der Waals surface area contributed by atoms with Gasteiger partial charge in [-0.05, 0) is 23.8 Å². The van der Waals surface area contributed by atoms with Crippen LogP contribution in [-0.4, -0.2) is 14.2 Å². The summed E-state index contributed by atoms with van der Waals surface area (Å²) in [6.07, 6.45) is 0. The van der Waals surface area contributed by atoms with Crippen LogP contribution in [0.5, 0.6) is 11.5 Å². The van der Waals surface area contributed by atoms with Crippen molar-refractivity contribution in [2.45, 2.75) is 6.04 Å². The second-order valence-electron chi connectivity index (χ2n) is 3.76. The molecule has 1 unspecified atom stereocenters.